The van der Waals surface area contributed by atoms with Crippen LogP contribution in [0.25, 0.3) is 10.9 Å². The zero-order valence-electron chi connectivity index (χ0n) is 12.2. The number of benzene rings is 2. The lowest BCUT2D eigenvalue weighted by Crippen LogP contribution is -2.06. The van der Waals surface area contributed by atoms with E-state index >= 15 is 0 Å². The van der Waals surface area contributed by atoms with Gasteiger partial charge in [0.2, 0.25) is 0 Å². The van der Waals surface area contributed by atoms with E-state index in [1.807, 2.05) is 30.3 Å². The van der Waals surface area contributed by atoms with Crippen LogP contribution in [-0.4, -0.2) is 16.1 Å². The molecule has 2 aromatic carbocycles. The smallest absolute Gasteiger partial charge is 0.338 e. The average molecular weight is 328 g/mol. The second-order valence-corrected chi connectivity index (χ2v) is 5.42. The van der Waals surface area contributed by atoms with Gasteiger partial charge in [-0.15, -0.1) is 0 Å². The van der Waals surface area contributed by atoms with E-state index in [4.69, 9.17) is 21.4 Å². The zero-order chi connectivity index (χ0) is 16.2. The topological polar surface area (TPSA) is 59.4 Å². The number of nitrogens with zero attached hydrogens (tertiary/aromatic N) is 1. The summed E-state index contributed by atoms with van der Waals surface area (Å²) >= 11 is 6.14. The van der Waals surface area contributed by atoms with Crippen LogP contribution < -0.4 is 0 Å². The maximum atomic E-state index is 12.0. The van der Waals surface area contributed by atoms with Gasteiger partial charge in [-0.1, -0.05) is 41.9 Å². The van der Waals surface area contributed by atoms with Crippen LogP contribution in [-0.2, 0) is 18.0 Å². The number of ether oxygens (including phenoxy) is 1. The van der Waals surface area contributed by atoms with Gasteiger partial charge in [-0.2, -0.15) is 0 Å². The van der Waals surface area contributed by atoms with Gasteiger partial charge in [0.1, 0.15) is 11.8 Å². The van der Waals surface area contributed by atoms with E-state index < -0.39 is 5.97 Å². The molecule has 4 nitrogen and oxygen atoms in total. The minimum absolute atomic E-state index is 0.0528. The van der Waals surface area contributed by atoms with Crippen LogP contribution in [0.3, 0.4) is 0 Å². The quantitative estimate of drug-likeness (QED) is 0.586. The summed E-state index contributed by atoms with van der Waals surface area (Å²) in [7, 11) is 0. The van der Waals surface area contributed by atoms with E-state index in [1.165, 1.54) is 0 Å². The molecular weight excluding hydrogens is 314 g/mol. The third-order valence-electron chi connectivity index (χ3n) is 3.48. The summed E-state index contributed by atoms with van der Waals surface area (Å²) in [5.74, 6) is -0.446. The van der Waals surface area contributed by atoms with Crippen molar-refractivity contribution in [2.45, 2.75) is 13.2 Å². The molecule has 3 aromatic rings. The lowest BCUT2D eigenvalue weighted by atomic mass is 10.1. The second kappa shape index (κ2) is 6.77. The highest BCUT2D eigenvalue weighted by Crippen LogP contribution is 2.21. The largest absolute Gasteiger partial charge is 0.457 e. The monoisotopic (exact) mass is 327 g/mol. The van der Waals surface area contributed by atoms with E-state index in [-0.39, 0.29) is 13.2 Å². The molecule has 23 heavy (non-hydrogen) atoms. The van der Waals surface area contributed by atoms with Crippen molar-refractivity contribution in [1.29, 1.82) is 0 Å². The molecule has 1 N–H and O–H groups in total. The number of aliphatic hydroxyl groups excluding tert-OH is 1. The van der Waals surface area contributed by atoms with Crippen molar-refractivity contribution in [3.05, 3.63) is 76.4 Å². The van der Waals surface area contributed by atoms with Gasteiger partial charge in [-0.3, -0.25) is 0 Å². The van der Waals surface area contributed by atoms with Crippen LogP contribution in [0.15, 0.2) is 54.6 Å². The maximum absolute atomic E-state index is 12.0. The molecule has 0 aliphatic heterocycles. The number of aliphatic hydroxyl groups is 1. The number of aromatic nitrogens is 1. The number of rotatable bonds is 4. The minimum atomic E-state index is -0.446. The van der Waals surface area contributed by atoms with Crippen molar-refractivity contribution in [2.24, 2.45) is 0 Å². The molecule has 5 heteroatoms. The molecule has 0 saturated heterocycles. The predicted molar refractivity (Wildman–Crippen MR) is 88.2 cm³/mol. The molecule has 0 unspecified atom stereocenters. The van der Waals surface area contributed by atoms with Gasteiger partial charge in [-0.05, 0) is 29.8 Å². The Labute approximate surface area is 138 Å². The fourth-order valence-electron chi connectivity index (χ4n) is 2.21. The summed E-state index contributed by atoms with van der Waals surface area (Å²) in [5, 5.41) is 10.3. The first-order chi connectivity index (χ1) is 11.2. The first-order valence-corrected chi connectivity index (χ1v) is 7.46. The van der Waals surface area contributed by atoms with E-state index in [1.54, 1.807) is 24.3 Å². The van der Waals surface area contributed by atoms with Crippen molar-refractivity contribution in [2.75, 3.05) is 0 Å². The number of esters is 1. The molecule has 0 amide bonds. The normalized spacial score (nSPS) is 10.7. The molecule has 0 spiro atoms. The molecule has 116 valence electrons. The molecule has 0 saturated carbocycles. The van der Waals surface area contributed by atoms with E-state index in [0.717, 1.165) is 16.5 Å². The van der Waals surface area contributed by atoms with Gasteiger partial charge in [-0.25, -0.2) is 9.78 Å². The van der Waals surface area contributed by atoms with Crippen LogP contribution in [0.1, 0.15) is 21.5 Å². The van der Waals surface area contributed by atoms with Crippen molar-refractivity contribution in [3.8, 4) is 0 Å². The first kappa shape index (κ1) is 15.5. The Morgan fingerprint density at radius 2 is 1.87 bits per heavy atom. The molecule has 0 radical (unpaired) electrons. The summed E-state index contributed by atoms with van der Waals surface area (Å²) in [6.07, 6.45) is 0. The highest BCUT2D eigenvalue weighted by Gasteiger charge is 2.10. The third kappa shape index (κ3) is 3.50. The number of carbonyl (C=O) groups excluding carboxylic acids is 1. The van der Waals surface area contributed by atoms with Gasteiger partial charge in [0.05, 0.1) is 17.7 Å². The molecule has 3 rings (SSSR count). The van der Waals surface area contributed by atoms with Crippen LogP contribution in [0.5, 0.6) is 0 Å². The summed E-state index contributed by atoms with van der Waals surface area (Å²) < 4.78 is 5.29. The van der Waals surface area contributed by atoms with Crippen LogP contribution >= 0.6 is 11.6 Å². The number of para-hydroxylation sites is 1. The van der Waals surface area contributed by atoms with Gasteiger partial charge in [0.15, 0.2) is 0 Å². The van der Waals surface area contributed by atoms with Gasteiger partial charge >= 0.3 is 5.97 Å². The Kier molecular flexibility index (Phi) is 4.55. The average Bonchev–Trinajstić information content (AvgIpc) is 2.59. The zero-order valence-corrected chi connectivity index (χ0v) is 13.0. The maximum Gasteiger partial charge on any atom is 0.338 e. The Bertz CT molecular complexity index is 847. The summed E-state index contributed by atoms with van der Waals surface area (Å²) in [6.45, 7) is -0.00898. The van der Waals surface area contributed by atoms with E-state index in [0.29, 0.717) is 16.3 Å². The number of carbonyl (C=O) groups is 1. The highest BCUT2D eigenvalue weighted by molar-refractivity contribution is 6.30. The fourth-order valence-corrected chi connectivity index (χ4v) is 2.41. The van der Waals surface area contributed by atoms with Crippen LogP contribution in [0, 0.1) is 0 Å². The molecule has 0 aliphatic carbocycles. The molecule has 1 aromatic heterocycles. The van der Waals surface area contributed by atoms with Gasteiger partial charge < -0.3 is 9.84 Å². The number of fused-ring (bicyclic) bond motifs is 1. The van der Waals surface area contributed by atoms with Crippen molar-refractivity contribution < 1.29 is 14.6 Å². The summed E-state index contributed by atoms with van der Waals surface area (Å²) in [6, 6.07) is 16.1. The Hall–Kier alpha value is -2.43. The highest BCUT2D eigenvalue weighted by atomic mass is 35.5. The molecule has 1 heterocycles. The molecular formula is C18H14ClNO3. The molecule has 0 aliphatic rings. The summed E-state index contributed by atoms with van der Waals surface area (Å²) in [5.41, 5.74) is 2.62. The van der Waals surface area contributed by atoms with Crippen LogP contribution in [0.2, 0.25) is 5.15 Å². The van der Waals surface area contributed by atoms with Crippen molar-refractivity contribution >= 4 is 28.5 Å². The first-order valence-electron chi connectivity index (χ1n) is 7.08. The Balaban J connectivity index is 1.74. The molecule has 0 atom stereocenters. The summed E-state index contributed by atoms with van der Waals surface area (Å²) in [4.78, 5) is 16.3. The molecule has 0 bridgehead atoms. The number of pyridine rings is 1. The lowest BCUT2D eigenvalue weighted by molar-refractivity contribution is 0.0472. The van der Waals surface area contributed by atoms with Gasteiger partial charge in [0, 0.05) is 10.9 Å². The number of halogens is 1. The number of hydrogen-bond donors (Lipinski definition) is 1. The molecule has 0 fully saturated rings. The third-order valence-corrected chi connectivity index (χ3v) is 3.81. The van der Waals surface area contributed by atoms with E-state index in [2.05, 4.69) is 4.98 Å². The van der Waals surface area contributed by atoms with Gasteiger partial charge in [0.25, 0.3) is 0 Å². The SMILES string of the molecule is O=C(OCc1cc2ccccc2nc1Cl)c1ccc(CO)cc1. The minimum Gasteiger partial charge on any atom is -0.457 e. The predicted octanol–water partition coefficient (Wildman–Crippen LogP) is 3.74. The Morgan fingerprint density at radius 3 is 2.61 bits per heavy atom. The second-order valence-electron chi connectivity index (χ2n) is 5.06. The number of hydrogen-bond acceptors (Lipinski definition) is 4. The standard InChI is InChI=1S/C18H14ClNO3/c19-17-15(9-14-3-1-2-4-16(14)20-17)11-23-18(22)13-7-5-12(10-21)6-8-13/h1-9,21H,10-11H2. The lowest BCUT2D eigenvalue weighted by Gasteiger charge is -2.08. The Morgan fingerprint density at radius 1 is 1.13 bits per heavy atom. The van der Waals surface area contributed by atoms with Crippen molar-refractivity contribution in [3.63, 3.8) is 0 Å². The van der Waals surface area contributed by atoms with Crippen molar-refractivity contribution in [1.82, 2.24) is 4.98 Å². The van der Waals surface area contributed by atoms with Crippen LogP contribution in [0.4, 0.5) is 0 Å². The van der Waals surface area contributed by atoms with E-state index in [9.17, 15) is 4.79 Å². The fraction of sp³-hybridized carbons (Fsp3) is 0.111.